The van der Waals surface area contributed by atoms with Crippen molar-refractivity contribution >= 4 is 29.3 Å². The van der Waals surface area contributed by atoms with Crippen LogP contribution in [0.15, 0.2) is 48.5 Å². The van der Waals surface area contributed by atoms with Crippen LogP contribution in [-0.2, 0) is 15.3 Å². The highest BCUT2D eigenvalue weighted by atomic mass is 32.2. The summed E-state index contributed by atoms with van der Waals surface area (Å²) in [4.78, 5) is 23.6. The topological polar surface area (TPSA) is 55.4 Å². The van der Waals surface area contributed by atoms with Gasteiger partial charge in [-0.3, -0.25) is 4.79 Å². The Hall–Kier alpha value is -2.34. The lowest BCUT2D eigenvalue weighted by atomic mass is 10.1. The van der Waals surface area contributed by atoms with Crippen LogP contribution >= 0.6 is 11.8 Å². The average Bonchev–Trinajstić information content (AvgIpc) is 2.62. The Morgan fingerprint density at radius 2 is 1.76 bits per heavy atom. The summed E-state index contributed by atoms with van der Waals surface area (Å²) in [6.45, 7) is 2.36. The highest BCUT2D eigenvalue weighted by Crippen LogP contribution is 2.15. The van der Waals surface area contributed by atoms with E-state index < -0.39 is 0 Å². The minimum atomic E-state index is -0.339. The molecule has 1 amide bonds. The molecule has 0 aliphatic carbocycles. The van der Waals surface area contributed by atoms with Crippen LogP contribution in [-0.4, -0.2) is 24.2 Å². The first-order valence-electron chi connectivity index (χ1n) is 7.97. The van der Waals surface area contributed by atoms with Gasteiger partial charge in [0.1, 0.15) is 5.82 Å². The molecular formula is C19H20FNO3S. The normalized spacial score (nSPS) is 10.3. The molecule has 0 heterocycles. The van der Waals surface area contributed by atoms with E-state index in [1.165, 1.54) is 36.0 Å². The van der Waals surface area contributed by atoms with E-state index in [0.717, 1.165) is 12.0 Å². The van der Waals surface area contributed by atoms with Gasteiger partial charge in [-0.25, -0.2) is 9.18 Å². The summed E-state index contributed by atoms with van der Waals surface area (Å²) in [7, 11) is 0. The van der Waals surface area contributed by atoms with Crippen LogP contribution in [0.2, 0.25) is 0 Å². The summed E-state index contributed by atoms with van der Waals surface area (Å²) in [5.74, 6) is 0.143. The second-order valence-electron chi connectivity index (χ2n) is 5.38. The number of rotatable bonds is 8. The highest BCUT2D eigenvalue weighted by molar-refractivity contribution is 7.99. The lowest BCUT2D eigenvalue weighted by molar-refractivity contribution is -0.113. The first kappa shape index (κ1) is 19.0. The molecule has 25 heavy (non-hydrogen) atoms. The zero-order valence-corrected chi connectivity index (χ0v) is 14.8. The first-order valence-corrected chi connectivity index (χ1v) is 9.13. The average molecular weight is 361 g/mol. The van der Waals surface area contributed by atoms with Gasteiger partial charge in [0.05, 0.1) is 17.9 Å². The van der Waals surface area contributed by atoms with E-state index in [1.54, 1.807) is 12.1 Å². The lowest BCUT2D eigenvalue weighted by Gasteiger charge is -2.06. The molecule has 0 saturated carbocycles. The van der Waals surface area contributed by atoms with Gasteiger partial charge in [0.2, 0.25) is 5.91 Å². The number of thioether (sulfide) groups is 1. The Kier molecular flexibility index (Phi) is 7.47. The number of benzene rings is 2. The number of esters is 1. The van der Waals surface area contributed by atoms with Crippen molar-refractivity contribution in [1.82, 2.24) is 0 Å². The van der Waals surface area contributed by atoms with Crippen LogP contribution < -0.4 is 5.32 Å². The van der Waals surface area contributed by atoms with E-state index in [-0.39, 0.29) is 23.4 Å². The molecule has 2 aromatic carbocycles. The SMILES string of the molecule is CCCOC(=O)c1ccc(CSCC(=O)Nc2ccc(F)cc2)cc1. The van der Waals surface area contributed by atoms with Gasteiger partial charge in [0.15, 0.2) is 0 Å². The number of carbonyl (C=O) groups excluding carboxylic acids is 2. The zero-order valence-electron chi connectivity index (χ0n) is 14.0. The summed E-state index contributed by atoms with van der Waals surface area (Å²) in [6, 6.07) is 12.8. The second kappa shape index (κ2) is 9.84. The number of hydrogen-bond acceptors (Lipinski definition) is 4. The summed E-state index contributed by atoms with van der Waals surface area (Å²) in [6.07, 6.45) is 0.792. The largest absolute Gasteiger partial charge is 0.462 e. The van der Waals surface area contributed by atoms with Gasteiger partial charge < -0.3 is 10.1 Å². The van der Waals surface area contributed by atoms with Gasteiger partial charge in [-0.15, -0.1) is 11.8 Å². The Morgan fingerprint density at radius 3 is 2.40 bits per heavy atom. The third-order valence-electron chi connectivity index (χ3n) is 3.26. The monoisotopic (exact) mass is 361 g/mol. The van der Waals surface area contributed by atoms with Crippen LogP contribution in [0.25, 0.3) is 0 Å². The molecule has 0 unspecified atom stereocenters. The van der Waals surface area contributed by atoms with E-state index in [4.69, 9.17) is 4.74 Å². The Balaban J connectivity index is 1.74. The molecule has 4 nitrogen and oxygen atoms in total. The fourth-order valence-corrected chi connectivity index (χ4v) is 2.79. The molecule has 0 radical (unpaired) electrons. The van der Waals surface area contributed by atoms with E-state index in [2.05, 4.69) is 5.32 Å². The number of amides is 1. The minimum Gasteiger partial charge on any atom is -0.462 e. The van der Waals surface area contributed by atoms with Crippen LogP contribution in [0.3, 0.4) is 0 Å². The van der Waals surface area contributed by atoms with Gasteiger partial charge in [-0.2, -0.15) is 0 Å². The maximum Gasteiger partial charge on any atom is 0.338 e. The Labute approximate surface area is 150 Å². The second-order valence-corrected chi connectivity index (χ2v) is 6.37. The van der Waals surface area contributed by atoms with Crippen LogP contribution in [0.4, 0.5) is 10.1 Å². The van der Waals surface area contributed by atoms with Crippen molar-refractivity contribution in [2.75, 3.05) is 17.7 Å². The first-order chi connectivity index (χ1) is 12.1. The van der Waals surface area contributed by atoms with Gasteiger partial charge >= 0.3 is 5.97 Å². The Bertz CT molecular complexity index is 702. The third kappa shape index (κ3) is 6.58. The Morgan fingerprint density at radius 1 is 1.08 bits per heavy atom. The quantitative estimate of drug-likeness (QED) is 0.714. The molecule has 0 aromatic heterocycles. The molecule has 1 N–H and O–H groups in total. The van der Waals surface area contributed by atoms with Crippen LogP contribution in [0, 0.1) is 5.82 Å². The summed E-state index contributed by atoms with van der Waals surface area (Å²) < 4.78 is 17.9. The standard InChI is InChI=1S/C19H20FNO3S/c1-2-11-24-19(23)15-5-3-14(4-6-15)12-25-13-18(22)21-17-9-7-16(20)8-10-17/h3-10H,2,11-13H2,1H3,(H,21,22). The number of nitrogens with one attached hydrogen (secondary N) is 1. The molecule has 0 bridgehead atoms. The molecular weight excluding hydrogens is 341 g/mol. The maximum atomic E-state index is 12.8. The zero-order chi connectivity index (χ0) is 18.1. The summed E-state index contributed by atoms with van der Waals surface area (Å²) in [5.41, 5.74) is 2.12. The predicted octanol–water partition coefficient (Wildman–Crippen LogP) is 4.26. The number of carbonyl (C=O) groups is 2. The van der Waals surface area contributed by atoms with Crippen molar-refractivity contribution in [2.45, 2.75) is 19.1 Å². The van der Waals surface area contributed by atoms with Gasteiger partial charge in [-0.1, -0.05) is 19.1 Å². The van der Waals surface area contributed by atoms with E-state index >= 15 is 0 Å². The van der Waals surface area contributed by atoms with Crippen molar-refractivity contribution in [3.8, 4) is 0 Å². The van der Waals surface area contributed by atoms with Gasteiger partial charge in [0, 0.05) is 11.4 Å². The lowest BCUT2D eigenvalue weighted by Crippen LogP contribution is -2.14. The van der Waals surface area contributed by atoms with Crippen molar-refractivity contribution < 1.29 is 18.7 Å². The van der Waals surface area contributed by atoms with Gasteiger partial charge in [-0.05, 0) is 48.4 Å². The molecule has 0 atom stereocenters. The number of hydrogen-bond donors (Lipinski definition) is 1. The highest BCUT2D eigenvalue weighted by Gasteiger charge is 2.07. The van der Waals surface area contributed by atoms with Crippen LogP contribution in [0.5, 0.6) is 0 Å². The number of halogens is 1. The van der Waals surface area contributed by atoms with Crippen LogP contribution in [0.1, 0.15) is 29.3 Å². The molecule has 132 valence electrons. The van der Waals surface area contributed by atoms with Crippen molar-refractivity contribution in [1.29, 1.82) is 0 Å². The molecule has 0 spiro atoms. The maximum absolute atomic E-state index is 12.8. The fourth-order valence-electron chi connectivity index (χ4n) is 2.01. The van der Waals surface area contributed by atoms with E-state index in [0.29, 0.717) is 23.6 Å². The molecule has 0 saturated heterocycles. The van der Waals surface area contributed by atoms with Gasteiger partial charge in [0.25, 0.3) is 0 Å². The third-order valence-corrected chi connectivity index (χ3v) is 4.26. The molecule has 0 aliphatic heterocycles. The molecule has 0 fully saturated rings. The molecule has 6 heteroatoms. The molecule has 2 aromatic rings. The molecule has 2 rings (SSSR count). The van der Waals surface area contributed by atoms with Crippen molar-refractivity contribution in [3.05, 3.63) is 65.5 Å². The summed E-state index contributed by atoms with van der Waals surface area (Å²) in [5, 5.41) is 2.71. The molecule has 0 aliphatic rings. The smallest absolute Gasteiger partial charge is 0.338 e. The minimum absolute atomic E-state index is 0.142. The predicted molar refractivity (Wildman–Crippen MR) is 98.2 cm³/mol. The summed E-state index contributed by atoms with van der Waals surface area (Å²) >= 11 is 1.46. The van der Waals surface area contributed by atoms with E-state index in [9.17, 15) is 14.0 Å². The van der Waals surface area contributed by atoms with Crippen molar-refractivity contribution in [3.63, 3.8) is 0 Å². The van der Waals surface area contributed by atoms with Crippen molar-refractivity contribution in [2.24, 2.45) is 0 Å². The number of anilines is 1. The fraction of sp³-hybridized carbons (Fsp3) is 0.263. The van der Waals surface area contributed by atoms with E-state index in [1.807, 2.05) is 19.1 Å². The number of ether oxygens (including phenoxy) is 1.